The molecular weight excluding hydrogens is 162 g/mol. The van der Waals surface area contributed by atoms with Gasteiger partial charge in [-0.05, 0) is 26.4 Å². The molecule has 3 heteroatoms. The Morgan fingerprint density at radius 2 is 2.08 bits per heavy atom. The van der Waals surface area contributed by atoms with Gasteiger partial charge in [0.1, 0.15) is 0 Å². The smallest absolute Gasteiger partial charge is 0.0242 e. The molecule has 0 radical (unpaired) electrons. The number of hydrogen-bond donors (Lipinski definition) is 1. The van der Waals surface area contributed by atoms with Crippen LogP contribution in [-0.4, -0.2) is 61.2 Å². The minimum Gasteiger partial charge on any atom is -0.315 e. The van der Waals surface area contributed by atoms with Gasteiger partial charge in [-0.1, -0.05) is 0 Å². The van der Waals surface area contributed by atoms with Crippen LogP contribution in [0.3, 0.4) is 0 Å². The Labute approximate surface area is 80.1 Å². The van der Waals surface area contributed by atoms with Gasteiger partial charge in [0.25, 0.3) is 0 Å². The van der Waals surface area contributed by atoms with E-state index < -0.39 is 0 Å². The van der Waals surface area contributed by atoms with Crippen molar-refractivity contribution in [1.82, 2.24) is 15.1 Å². The Morgan fingerprint density at radius 1 is 1.15 bits per heavy atom. The third-order valence-electron chi connectivity index (χ3n) is 4.06. The molecule has 0 aromatic rings. The van der Waals surface area contributed by atoms with Crippen molar-refractivity contribution in [2.45, 2.75) is 31.0 Å². The number of rotatable bonds is 1. The molecule has 0 saturated carbocycles. The summed E-state index contributed by atoms with van der Waals surface area (Å²) in [6.07, 6.45) is 2.79. The lowest BCUT2D eigenvalue weighted by atomic mass is 10.2. The summed E-state index contributed by atoms with van der Waals surface area (Å²) in [5.41, 5.74) is 0. The first-order valence-corrected chi connectivity index (χ1v) is 5.51. The highest BCUT2D eigenvalue weighted by atomic mass is 15.4. The van der Waals surface area contributed by atoms with Crippen LogP contribution in [0.2, 0.25) is 0 Å². The number of likely N-dealkylation sites (N-methyl/N-ethyl adjacent to an activating group) is 1. The standard InChI is InChI=1S/C10H19N3/c1-12-6-10-4-9(12)7-13(10)8-2-3-11-5-8/h8-11H,2-7H2,1H3/t8-,9+,10+/m0/s1. The van der Waals surface area contributed by atoms with Crippen molar-refractivity contribution in [3.05, 3.63) is 0 Å². The zero-order valence-electron chi connectivity index (χ0n) is 8.37. The van der Waals surface area contributed by atoms with E-state index in [1.165, 1.54) is 39.0 Å². The molecule has 0 unspecified atom stereocenters. The Balaban J connectivity index is 1.68. The molecule has 2 bridgehead atoms. The van der Waals surface area contributed by atoms with Crippen LogP contribution in [0.15, 0.2) is 0 Å². The monoisotopic (exact) mass is 181 g/mol. The van der Waals surface area contributed by atoms with Gasteiger partial charge < -0.3 is 10.2 Å². The van der Waals surface area contributed by atoms with Gasteiger partial charge >= 0.3 is 0 Å². The van der Waals surface area contributed by atoms with Crippen LogP contribution in [0, 0.1) is 0 Å². The molecule has 3 nitrogen and oxygen atoms in total. The molecule has 3 heterocycles. The summed E-state index contributed by atoms with van der Waals surface area (Å²) in [5, 5.41) is 3.46. The number of piperazine rings is 1. The van der Waals surface area contributed by atoms with Crippen LogP contribution in [0.1, 0.15) is 12.8 Å². The summed E-state index contributed by atoms with van der Waals surface area (Å²) in [6.45, 7) is 5.09. The van der Waals surface area contributed by atoms with Crippen LogP contribution in [0.4, 0.5) is 0 Å². The summed E-state index contributed by atoms with van der Waals surface area (Å²) in [6, 6.07) is 2.59. The highest BCUT2D eigenvalue weighted by Gasteiger charge is 2.44. The van der Waals surface area contributed by atoms with Gasteiger partial charge in [-0.2, -0.15) is 0 Å². The van der Waals surface area contributed by atoms with Gasteiger partial charge in [0.15, 0.2) is 0 Å². The molecule has 0 aliphatic carbocycles. The van der Waals surface area contributed by atoms with Crippen LogP contribution in [0.25, 0.3) is 0 Å². The number of nitrogens with zero attached hydrogens (tertiary/aromatic N) is 2. The molecule has 3 aliphatic heterocycles. The van der Waals surface area contributed by atoms with E-state index in [4.69, 9.17) is 0 Å². The number of fused-ring (bicyclic) bond motifs is 2. The van der Waals surface area contributed by atoms with Gasteiger partial charge in [0.05, 0.1) is 0 Å². The average molecular weight is 181 g/mol. The van der Waals surface area contributed by atoms with Crippen molar-refractivity contribution in [2.24, 2.45) is 0 Å². The number of likely N-dealkylation sites (tertiary alicyclic amines) is 2. The summed E-state index contributed by atoms with van der Waals surface area (Å²) in [7, 11) is 2.27. The van der Waals surface area contributed by atoms with Crippen LogP contribution >= 0.6 is 0 Å². The quantitative estimate of drug-likeness (QED) is 0.601. The van der Waals surface area contributed by atoms with Crippen LogP contribution in [-0.2, 0) is 0 Å². The molecule has 0 spiro atoms. The van der Waals surface area contributed by atoms with Gasteiger partial charge in [0.2, 0.25) is 0 Å². The molecule has 3 fully saturated rings. The molecular formula is C10H19N3. The van der Waals surface area contributed by atoms with E-state index in [-0.39, 0.29) is 0 Å². The van der Waals surface area contributed by atoms with E-state index >= 15 is 0 Å². The van der Waals surface area contributed by atoms with Crippen LogP contribution < -0.4 is 5.32 Å². The predicted molar refractivity (Wildman–Crippen MR) is 52.8 cm³/mol. The fraction of sp³-hybridized carbons (Fsp3) is 1.00. The summed E-state index contributed by atoms with van der Waals surface area (Å²) in [5.74, 6) is 0. The molecule has 3 atom stereocenters. The number of hydrogen-bond acceptors (Lipinski definition) is 3. The Kier molecular flexibility index (Phi) is 1.86. The largest absolute Gasteiger partial charge is 0.315 e. The summed E-state index contributed by atoms with van der Waals surface area (Å²) >= 11 is 0. The minimum atomic E-state index is 0.851. The lowest BCUT2D eigenvalue weighted by molar-refractivity contribution is 0.114. The zero-order valence-corrected chi connectivity index (χ0v) is 8.37. The van der Waals surface area contributed by atoms with Crippen molar-refractivity contribution < 1.29 is 0 Å². The van der Waals surface area contributed by atoms with E-state index in [2.05, 4.69) is 22.2 Å². The maximum atomic E-state index is 3.46. The SMILES string of the molecule is CN1C[C@H]2C[C@@H]1CN2[C@H]1CCNC1. The van der Waals surface area contributed by atoms with Gasteiger partial charge in [-0.25, -0.2) is 0 Å². The third-order valence-corrected chi connectivity index (χ3v) is 4.06. The van der Waals surface area contributed by atoms with Gasteiger partial charge in [-0.15, -0.1) is 0 Å². The number of nitrogens with one attached hydrogen (secondary N) is 1. The van der Waals surface area contributed by atoms with Crippen LogP contribution in [0.5, 0.6) is 0 Å². The Morgan fingerprint density at radius 3 is 2.62 bits per heavy atom. The lowest BCUT2D eigenvalue weighted by Gasteiger charge is -2.35. The fourth-order valence-corrected chi connectivity index (χ4v) is 3.27. The molecule has 3 rings (SSSR count). The Hall–Kier alpha value is -0.120. The molecule has 0 aromatic carbocycles. The van der Waals surface area contributed by atoms with E-state index in [1.54, 1.807) is 0 Å². The summed E-state index contributed by atoms with van der Waals surface area (Å²) < 4.78 is 0. The normalized spacial score (nSPS) is 46.4. The average Bonchev–Trinajstić information content (AvgIpc) is 2.75. The highest BCUT2D eigenvalue weighted by molar-refractivity contribution is 5.01. The Bertz CT molecular complexity index is 198. The first-order valence-electron chi connectivity index (χ1n) is 5.51. The van der Waals surface area contributed by atoms with Crippen molar-refractivity contribution in [2.75, 3.05) is 33.2 Å². The van der Waals surface area contributed by atoms with E-state index in [0.29, 0.717) is 0 Å². The van der Waals surface area contributed by atoms with Crippen molar-refractivity contribution in [3.8, 4) is 0 Å². The third kappa shape index (κ3) is 1.22. The molecule has 0 aromatic heterocycles. The van der Waals surface area contributed by atoms with E-state index in [9.17, 15) is 0 Å². The first-order chi connectivity index (χ1) is 6.34. The summed E-state index contributed by atoms with van der Waals surface area (Å²) in [4.78, 5) is 5.29. The second kappa shape index (κ2) is 2.94. The second-order valence-electron chi connectivity index (χ2n) is 4.83. The van der Waals surface area contributed by atoms with Crippen molar-refractivity contribution >= 4 is 0 Å². The van der Waals surface area contributed by atoms with E-state index in [0.717, 1.165) is 18.1 Å². The highest BCUT2D eigenvalue weighted by Crippen LogP contribution is 2.31. The fourth-order valence-electron chi connectivity index (χ4n) is 3.27. The van der Waals surface area contributed by atoms with Crippen molar-refractivity contribution in [1.29, 1.82) is 0 Å². The maximum absolute atomic E-state index is 3.46. The maximum Gasteiger partial charge on any atom is 0.0242 e. The van der Waals surface area contributed by atoms with Gasteiger partial charge in [0, 0.05) is 37.8 Å². The molecule has 3 aliphatic rings. The van der Waals surface area contributed by atoms with Gasteiger partial charge in [-0.3, -0.25) is 4.90 Å². The second-order valence-corrected chi connectivity index (χ2v) is 4.83. The first kappa shape index (κ1) is 8.21. The lowest BCUT2D eigenvalue weighted by Crippen LogP contribution is -2.49. The predicted octanol–water partition coefficient (Wildman–Crippen LogP) is -0.263. The van der Waals surface area contributed by atoms with E-state index in [1.807, 2.05) is 0 Å². The topological polar surface area (TPSA) is 18.5 Å². The zero-order chi connectivity index (χ0) is 8.84. The molecule has 74 valence electrons. The molecule has 0 amide bonds. The molecule has 3 saturated heterocycles. The molecule has 1 N–H and O–H groups in total. The molecule has 13 heavy (non-hydrogen) atoms. The minimum absolute atomic E-state index is 0.851. The van der Waals surface area contributed by atoms with Crippen molar-refractivity contribution in [3.63, 3.8) is 0 Å².